The van der Waals surface area contributed by atoms with Gasteiger partial charge in [-0.05, 0) is 42.5 Å². The number of anilines is 1. The van der Waals surface area contributed by atoms with Crippen molar-refractivity contribution in [1.29, 1.82) is 0 Å². The highest BCUT2D eigenvalue weighted by Crippen LogP contribution is 2.37. The highest BCUT2D eigenvalue weighted by molar-refractivity contribution is 7.89. The second kappa shape index (κ2) is 6.17. The van der Waals surface area contributed by atoms with Gasteiger partial charge in [-0.25, -0.2) is 18.4 Å². The van der Waals surface area contributed by atoms with Crippen molar-refractivity contribution in [2.75, 3.05) is 37.7 Å². The van der Waals surface area contributed by atoms with Gasteiger partial charge in [0.1, 0.15) is 17.9 Å². The van der Waals surface area contributed by atoms with Crippen LogP contribution < -0.4 is 9.64 Å². The summed E-state index contributed by atoms with van der Waals surface area (Å²) in [6.07, 6.45) is 2.37. The monoisotopic (exact) mass is 386 g/mol. The van der Waals surface area contributed by atoms with Crippen LogP contribution in [0.25, 0.3) is 0 Å². The zero-order valence-corrected chi connectivity index (χ0v) is 16.0. The third-order valence-electron chi connectivity index (χ3n) is 5.86. The number of fused-ring (bicyclic) bond motifs is 2. The third kappa shape index (κ3) is 2.87. The van der Waals surface area contributed by atoms with E-state index < -0.39 is 10.0 Å². The van der Waals surface area contributed by atoms with Crippen molar-refractivity contribution in [2.24, 2.45) is 11.8 Å². The van der Waals surface area contributed by atoms with E-state index in [-0.39, 0.29) is 0 Å². The molecule has 0 aliphatic carbocycles. The molecule has 1 aromatic carbocycles. The summed E-state index contributed by atoms with van der Waals surface area (Å²) in [4.78, 5) is 11.2. The first-order valence-corrected chi connectivity index (χ1v) is 10.7. The van der Waals surface area contributed by atoms with Crippen molar-refractivity contribution in [3.63, 3.8) is 0 Å². The van der Waals surface area contributed by atoms with Gasteiger partial charge in [0, 0.05) is 44.4 Å². The van der Waals surface area contributed by atoms with Gasteiger partial charge in [0.25, 0.3) is 0 Å². The summed E-state index contributed by atoms with van der Waals surface area (Å²) in [6, 6.07) is 7.22. The molecular weight excluding hydrogens is 364 g/mol. The van der Waals surface area contributed by atoms with Crippen LogP contribution in [0.3, 0.4) is 0 Å². The summed E-state index contributed by atoms with van der Waals surface area (Å²) in [5, 5.41) is 0. The third-order valence-corrected chi connectivity index (χ3v) is 7.69. The van der Waals surface area contributed by atoms with Gasteiger partial charge >= 0.3 is 0 Å². The maximum absolute atomic E-state index is 13.1. The first-order valence-electron chi connectivity index (χ1n) is 9.30. The number of aromatic nitrogens is 2. The molecule has 0 bridgehead atoms. The van der Waals surface area contributed by atoms with Crippen LogP contribution in [0.4, 0.5) is 5.82 Å². The van der Waals surface area contributed by atoms with E-state index in [9.17, 15) is 8.42 Å². The Hall–Kier alpha value is -2.19. The molecular formula is C19H22N4O3S. The SMILES string of the molecule is Cc1cc(N2CC3CN(S(=O)(=O)c4ccc5c(c4)CCO5)CC3C2)ncn1. The van der Waals surface area contributed by atoms with Gasteiger partial charge in [0.15, 0.2) is 0 Å². The number of aryl methyl sites for hydroxylation is 1. The summed E-state index contributed by atoms with van der Waals surface area (Å²) in [7, 11) is -3.46. The molecule has 4 heterocycles. The maximum atomic E-state index is 13.1. The summed E-state index contributed by atoms with van der Waals surface area (Å²) >= 11 is 0. The molecule has 0 radical (unpaired) electrons. The summed E-state index contributed by atoms with van der Waals surface area (Å²) in [6.45, 7) is 5.40. The first kappa shape index (κ1) is 16.9. The lowest BCUT2D eigenvalue weighted by atomic mass is 10.0. The minimum absolute atomic E-state index is 0.341. The number of hydrogen-bond acceptors (Lipinski definition) is 6. The highest BCUT2D eigenvalue weighted by Gasteiger charge is 2.44. The number of rotatable bonds is 3. The van der Waals surface area contributed by atoms with Gasteiger partial charge < -0.3 is 9.64 Å². The Morgan fingerprint density at radius 1 is 1.07 bits per heavy atom. The van der Waals surface area contributed by atoms with Crippen LogP contribution >= 0.6 is 0 Å². The molecule has 27 heavy (non-hydrogen) atoms. The molecule has 5 rings (SSSR count). The Balaban J connectivity index is 1.32. The fourth-order valence-electron chi connectivity index (χ4n) is 4.42. The lowest BCUT2D eigenvalue weighted by Gasteiger charge is -2.22. The van der Waals surface area contributed by atoms with Crippen LogP contribution in [0, 0.1) is 18.8 Å². The average molecular weight is 386 g/mol. The normalized spacial score (nSPS) is 24.7. The van der Waals surface area contributed by atoms with Crippen LogP contribution in [0.2, 0.25) is 0 Å². The van der Waals surface area contributed by atoms with E-state index in [1.807, 2.05) is 13.0 Å². The van der Waals surface area contributed by atoms with E-state index in [0.717, 1.165) is 42.3 Å². The number of ether oxygens (including phenoxy) is 1. The molecule has 1 aromatic heterocycles. The molecule has 0 amide bonds. The van der Waals surface area contributed by atoms with Gasteiger partial charge in [-0.2, -0.15) is 4.31 Å². The second-order valence-corrected chi connectivity index (χ2v) is 9.57. The Bertz CT molecular complexity index is 980. The number of sulfonamides is 1. The van der Waals surface area contributed by atoms with Gasteiger partial charge in [-0.1, -0.05) is 0 Å². The number of hydrogen-bond donors (Lipinski definition) is 0. The van der Waals surface area contributed by atoms with E-state index >= 15 is 0 Å². The molecule has 3 aliphatic heterocycles. The Labute approximate surface area is 159 Å². The summed E-state index contributed by atoms with van der Waals surface area (Å²) in [5.41, 5.74) is 1.93. The zero-order valence-electron chi connectivity index (χ0n) is 15.2. The van der Waals surface area contributed by atoms with Gasteiger partial charge in [0.05, 0.1) is 11.5 Å². The second-order valence-electron chi connectivity index (χ2n) is 7.63. The fraction of sp³-hybridized carbons (Fsp3) is 0.474. The minimum Gasteiger partial charge on any atom is -0.493 e. The van der Waals surface area contributed by atoms with Crippen molar-refractivity contribution in [3.05, 3.63) is 41.9 Å². The molecule has 3 aliphatic rings. The molecule has 142 valence electrons. The van der Waals surface area contributed by atoms with Crippen molar-refractivity contribution < 1.29 is 13.2 Å². The molecule has 0 saturated carbocycles. The van der Waals surface area contributed by atoms with E-state index in [1.165, 1.54) is 0 Å². The lowest BCUT2D eigenvalue weighted by Crippen LogP contribution is -2.33. The number of benzene rings is 1. The molecule has 2 unspecified atom stereocenters. The standard InChI is InChI=1S/C19H22N4O3S/c1-13-6-19(21-12-20-13)22-8-15-10-23(11-16(15)9-22)27(24,25)17-2-3-18-14(7-17)4-5-26-18/h2-3,6-7,12,15-16H,4-5,8-11H2,1H3. The van der Waals surface area contributed by atoms with E-state index in [4.69, 9.17) is 4.74 Å². The van der Waals surface area contributed by atoms with Crippen LogP contribution in [-0.2, 0) is 16.4 Å². The van der Waals surface area contributed by atoms with E-state index in [1.54, 1.807) is 28.8 Å². The van der Waals surface area contributed by atoms with E-state index in [0.29, 0.717) is 36.4 Å². The molecule has 0 N–H and O–H groups in total. The van der Waals surface area contributed by atoms with Crippen LogP contribution in [0.1, 0.15) is 11.3 Å². The maximum Gasteiger partial charge on any atom is 0.243 e. The van der Waals surface area contributed by atoms with Crippen LogP contribution in [0.15, 0.2) is 35.5 Å². The van der Waals surface area contributed by atoms with Crippen LogP contribution in [-0.4, -0.2) is 55.5 Å². The van der Waals surface area contributed by atoms with Gasteiger partial charge in [0.2, 0.25) is 10.0 Å². The Morgan fingerprint density at radius 3 is 2.59 bits per heavy atom. The van der Waals surface area contributed by atoms with Gasteiger partial charge in [-0.15, -0.1) is 0 Å². The lowest BCUT2D eigenvalue weighted by molar-refractivity contribution is 0.356. The molecule has 2 aromatic rings. The Morgan fingerprint density at radius 2 is 1.85 bits per heavy atom. The summed E-state index contributed by atoms with van der Waals surface area (Å²) < 4.78 is 33.4. The number of nitrogens with zero attached hydrogens (tertiary/aromatic N) is 4. The smallest absolute Gasteiger partial charge is 0.243 e. The van der Waals surface area contributed by atoms with Crippen LogP contribution in [0.5, 0.6) is 5.75 Å². The highest BCUT2D eigenvalue weighted by atomic mass is 32.2. The molecule has 2 atom stereocenters. The van der Waals surface area contributed by atoms with E-state index in [2.05, 4.69) is 14.9 Å². The van der Waals surface area contributed by atoms with Crippen molar-refractivity contribution >= 4 is 15.8 Å². The molecule has 8 heteroatoms. The van der Waals surface area contributed by atoms with Crippen molar-refractivity contribution in [2.45, 2.75) is 18.2 Å². The van der Waals surface area contributed by atoms with Gasteiger partial charge in [-0.3, -0.25) is 0 Å². The topological polar surface area (TPSA) is 75.6 Å². The zero-order chi connectivity index (χ0) is 18.6. The molecule has 7 nitrogen and oxygen atoms in total. The first-order chi connectivity index (χ1) is 13.0. The summed E-state index contributed by atoms with van der Waals surface area (Å²) in [5.74, 6) is 2.42. The van der Waals surface area contributed by atoms with Crippen molar-refractivity contribution in [3.8, 4) is 5.75 Å². The van der Waals surface area contributed by atoms with Crippen molar-refractivity contribution in [1.82, 2.24) is 14.3 Å². The average Bonchev–Trinajstić information content (AvgIpc) is 3.35. The molecule has 2 saturated heterocycles. The fourth-order valence-corrected chi connectivity index (χ4v) is 6.02. The molecule has 2 fully saturated rings. The predicted molar refractivity (Wildman–Crippen MR) is 100 cm³/mol. The quantitative estimate of drug-likeness (QED) is 0.795. The predicted octanol–water partition coefficient (Wildman–Crippen LogP) is 1.48. The minimum atomic E-state index is -3.46. The Kier molecular flexibility index (Phi) is 3.87. The largest absolute Gasteiger partial charge is 0.493 e. The molecule has 0 spiro atoms.